The number of carbonyl (C=O) groups excluding carboxylic acids is 1. The predicted molar refractivity (Wildman–Crippen MR) is 135 cm³/mol. The maximum atomic E-state index is 13.4. The number of nitrogens with zero attached hydrogens (tertiary/aromatic N) is 3. The zero-order chi connectivity index (χ0) is 23.8. The van der Waals surface area contributed by atoms with Gasteiger partial charge >= 0.3 is 0 Å². The summed E-state index contributed by atoms with van der Waals surface area (Å²) in [7, 11) is -3.96. The number of amides is 1. The number of carbonyl (C=O) groups is 1. The molecule has 1 amide bonds. The SMILES string of the molecule is NC(=S)N(/N=C1\C(=O)N(Cc2ccccc2)c2ccc(Br)cc21)c1cccc(S(N)(=O)=O)c1. The average molecular weight is 544 g/mol. The molecular formula is C22H18BrN5O3S2. The number of hydrogen-bond acceptors (Lipinski definition) is 5. The topological polar surface area (TPSA) is 122 Å². The van der Waals surface area contributed by atoms with Crippen molar-refractivity contribution >= 4 is 66.3 Å². The van der Waals surface area contributed by atoms with Crippen molar-refractivity contribution in [3.8, 4) is 0 Å². The number of anilines is 2. The monoisotopic (exact) mass is 543 g/mol. The van der Waals surface area contributed by atoms with Gasteiger partial charge in [-0.05, 0) is 54.2 Å². The van der Waals surface area contributed by atoms with Gasteiger partial charge in [0.15, 0.2) is 10.8 Å². The van der Waals surface area contributed by atoms with Gasteiger partial charge < -0.3 is 10.6 Å². The molecule has 4 N–H and O–H groups in total. The lowest BCUT2D eigenvalue weighted by molar-refractivity contribution is -0.112. The number of nitrogens with two attached hydrogens (primary N) is 2. The van der Waals surface area contributed by atoms with Crippen LogP contribution in [0.25, 0.3) is 0 Å². The third-order valence-corrected chi connectivity index (χ3v) is 6.51. The quantitative estimate of drug-likeness (QED) is 0.376. The molecule has 0 saturated heterocycles. The summed E-state index contributed by atoms with van der Waals surface area (Å²) in [4.78, 5) is 14.9. The number of hydrazone groups is 1. The standard InChI is InChI=1S/C22H18BrN5O3S2/c23-15-9-10-19-18(11-15)20(21(29)27(19)13-14-5-2-1-3-6-14)26-28(22(24)32)16-7-4-8-17(12-16)33(25,30)31/h1-12H,13H2,(H2,24,32)(H2,25,30,31)/b26-20-. The summed E-state index contributed by atoms with van der Waals surface area (Å²) in [6.07, 6.45) is 0. The first kappa shape index (κ1) is 23.1. The fraction of sp³-hybridized carbons (Fsp3) is 0.0455. The largest absolute Gasteiger partial charge is 0.374 e. The first-order chi connectivity index (χ1) is 15.6. The minimum absolute atomic E-state index is 0.121. The molecule has 168 valence electrons. The molecule has 0 aliphatic carbocycles. The molecule has 33 heavy (non-hydrogen) atoms. The molecule has 3 aromatic carbocycles. The zero-order valence-corrected chi connectivity index (χ0v) is 20.3. The molecule has 3 aromatic rings. The number of rotatable bonds is 5. The van der Waals surface area contributed by atoms with Gasteiger partial charge in [-0.1, -0.05) is 52.3 Å². The molecule has 0 saturated carbocycles. The number of thiocarbonyl (C=S) groups is 1. The van der Waals surface area contributed by atoms with Gasteiger partial charge in [-0.3, -0.25) is 4.79 Å². The maximum Gasteiger partial charge on any atom is 0.279 e. The van der Waals surface area contributed by atoms with Crippen molar-refractivity contribution in [2.75, 3.05) is 9.91 Å². The van der Waals surface area contributed by atoms with Crippen LogP contribution in [0.2, 0.25) is 0 Å². The minimum atomic E-state index is -3.96. The van der Waals surface area contributed by atoms with Gasteiger partial charge in [0.05, 0.1) is 22.8 Å². The molecule has 0 fully saturated rings. The molecule has 0 atom stereocenters. The van der Waals surface area contributed by atoms with Gasteiger partial charge in [-0.15, -0.1) is 0 Å². The van der Waals surface area contributed by atoms with Crippen molar-refractivity contribution in [2.24, 2.45) is 16.0 Å². The summed E-state index contributed by atoms with van der Waals surface area (Å²) >= 11 is 8.59. The molecule has 1 aliphatic heterocycles. The molecular weight excluding hydrogens is 526 g/mol. The van der Waals surface area contributed by atoms with E-state index < -0.39 is 10.0 Å². The van der Waals surface area contributed by atoms with Crippen LogP contribution in [0.3, 0.4) is 0 Å². The molecule has 0 unspecified atom stereocenters. The van der Waals surface area contributed by atoms with E-state index in [0.717, 1.165) is 15.0 Å². The predicted octanol–water partition coefficient (Wildman–Crippen LogP) is 3.10. The van der Waals surface area contributed by atoms with Crippen LogP contribution in [0.15, 0.2) is 87.3 Å². The highest BCUT2D eigenvalue weighted by atomic mass is 79.9. The van der Waals surface area contributed by atoms with Crippen molar-refractivity contribution in [1.29, 1.82) is 0 Å². The summed E-state index contributed by atoms with van der Waals surface area (Å²) < 4.78 is 24.3. The summed E-state index contributed by atoms with van der Waals surface area (Å²) in [5.41, 5.74) is 8.50. The summed E-state index contributed by atoms with van der Waals surface area (Å²) in [5, 5.41) is 10.7. The summed E-state index contributed by atoms with van der Waals surface area (Å²) in [6, 6.07) is 20.7. The van der Waals surface area contributed by atoms with Crippen molar-refractivity contribution in [1.82, 2.24) is 0 Å². The van der Waals surface area contributed by atoms with Crippen molar-refractivity contribution < 1.29 is 13.2 Å². The Morgan fingerprint density at radius 2 is 1.79 bits per heavy atom. The van der Waals surface area contributed by atoms with Crippen molar-refractivity contribution in [3.63, 3.8) is 0 Å². The van der Waals surface area contributed by atoms with E-state index >= 15 is 0 Å². The lowest BCUT2D eigenvalue weighted by Crippen LogP contribution is -2.35. The Labute approximate surface area is 204 Å². The van der Waals surface area contributed by atoms with Gasteiger partial charge in [0, 0.05) is 10.0 Å². The van der Waals surface area contributed by atoms with Gasteiger partial charge in [0.1, 0.15) is 0 Å². The molecule has 0 aromatic heterocycles. The number of halogens is 1. The van der Waals surface area contributed by atoms with Crippen LogP contribution in [-0.4, -0.2) is 25.1 Å². The van der Waals surface area contributed by atoms with E-state index in [-0.39, 0.29) is 27.3 Å². The first-order valence-corrected chi connectivity index (χ1v) is 12.4. The number of fused-ring (bicyclic) bond motifs is 1. The highest BCUT2D eigenvalue weighted by molar-refractivity contribution is 9.10. The van der Waals surface area contributed by atoms with E-state index in [4.69, 9.17) is 23.1 Å². The highest BCUT2D eigenvalue weighted by Gasteiger charge is 2.35. The Morgan fingerprint density at radius 1 is 1.06 bits per heavy atom. The van der Waals surface area contributed by atoms with E-state index in [0.29, 0.717) is 17.8 Å². The van der Waals surface area contributed by atoms with Gasteiger partial charge in [0.25, 0.3) is 5.91 Å². The Balaban J connectivity index is 1.81. The Morgan fingerprint density at radius 3 is 2.45 bits per heavy atom. The van der Waals surface area contributed by atoms with E-state index in [1.807, 2.05) is 42.5 Å². The molecule has 0 radical (unpaired) electrons. The fourth-order valence-electron chi connectivity index (χ4n) is 3.43. The molecule has 11 heteroatoms. The van der Waals surface area contributed by atoms with E-state index in [2.05, 4.69) is 21.0 Å². The second-order valence-electron chi connectivity index (χ2n) is 7.18. The average Bonchev–Trinajstić information content (AvgIpc) is 3.02. The van der Waals surface area contributed by atoms with Crippen LogP contribution in [0.4, 0.5) is 11.4 Å². The van der Waals surface area contributed by atoms with Crippen LogP contribution in [0.5, 0.6) is 0 Å². The Hall–Kier alpha value is -3.12. The Kier molecular flexibility index (Phi) is 6.30. The third-order valence-electron chi connectivity index (χ3n) is 4.94. The van der Waals surface area contributed by atoms with Crippen LogP contribution >= 0.6 is 28.1 Å². The number of hydrogen-bond donors (Lipinski definition) is 2. The normalized spacial score (nSPS) is 14.4. The Bertz CT molecular complexity index is 1390. The van der Waals surface area contributed by atoms with Crippen molar-refractivity contribution in [2.45, 2.75) is 11.4 Å². The lowest BCUT2D eigenvalue weighted by Gasteiger charge is -2.19. The smallest absolute Gasteiger partial charge is 0.279 e. The number of benzene rings is 3. The molecule has 4 rings (SSSR count). The third kappa shape index (κ3) is 4.81. The second-order valence-corrected chi connectivity index (χ2v) is 10.1. The van der Waals surface area contributed by atoms with Crippen LogP contribution in [0, 0.1) is 0 Å². The van der Waals surface area contributed by atoms with E-state index in [9.17, 15) is 13.2 Å². The van der Waals surface area contributed by atoms with Crippen LogP contribution in [-0.2, 0) is 21.4 Å². The number of primary sulfonamides is 1. The van der Waals surface area contributed by atoms with Crippen molar-refractivity contribution in [3.05, 3.63) is 88.4 Å². The second kappa shape index (κ2) is 9.02. The zero-order valence-electron chi connectivity index (χ0n) is 17.1. The first-order valence-electron chi connectivity index (χ1n) is 9.62. The van der Waals surface area contributed by atoms with E-state index in [1.54, 1.807) is 17.0 Å². The summed E-state index contributed by atoms with van der Waals surface area (Å²) in [5.74, 6) is -0.337. The fourth-order valence-corrected chi connectivity index (χ4v) is 4.49. The van der Waals surface area contributed by atoms with Gasteiger partial charge in [-0.2, -0.15) is 5.10 Å². The maximum absolute atomic E-state index is 13.4. The van der Waals surface area contributed by atoms with Gasteiger partial charge in [-0.25, -0.2) is 18.6 Å². The molecule has 8 nitrogen and oxygen atoms in total. The lowest BCUT2D eigenvalue weighted by atomic mass is 10.1. The molecule has 1 heterocycles. The number of sulfonamides is 1. The molecule has 1 aliphatic rings. The molecule has 0 bridgehead atoms. The summed E-state index contributed by atoms with van der Waals surface area (Å²) in [6.45, 7) is 0.349. The molecule has 0 spiro atoms. The van der Waals surface area contributed by atoms with Crippen LogP contribution in [0.1, 0.15) is 11.1 Å². The minimum Gasteiger partial charge on any atom is -0.374 e. The highest BCUT2D eigenvalue weighted by Crippen LogP contribution is 2.34. The van der Waals surface area contributed by atoms with E-state index in [1.165, 1.54) is 18.2 Å². The van der Waals surface area contributed by atoms with Gasteiger partial charge in [0.2, 0.25) is 10.0 Å². The van der Waals surface area contributed by atoms with Crippen LogP contribution < -0.4 is 20.8 Å².